The molecule has 1 aromatic rings. The lowest BCUT2D eigenvalue weighted by molar-refractivity contribution is 0.217. The van der Waals surface area contributed by atoms with Crippen molar-refractivity contribution in [3.63, 3.8) is 0 Å². The highest BCUT2D eigenvalue weighted by atomic mass is 16.5. The van der Waals surface area contributed by atoms with Crippen molar-refractivity contribution in [1.82, 2.24) is 25.2 Å². The summed E-state index contributed by atoms with van der Waals surface area (Å²) in [4.78, 5) is 24.9. The number of hydrogen-bond donors (Lipinski definition) is 4. The molecule has 10 heteroatoms. The molecule has 0 radical (unpaired) electrons. The molecule has 10 nitrogen and oxygen atoms in total. The normalized spacial score (nSPS) is 10.2. The maximum Gasteiger partial charge on any atom is 0.323 e. The van der Waals surface area contributed by atoms with E-state index in [1.54, 1.807) is 14.1 Å². The second-order valence-electron chi connectivity index (χ2n) is 4.63. The number of aromatic nitrogens is 3. The third-order valence-corrected chi connectivity index (χ3v) is 2.18. The van der Waals surface area contributed by atoms with Gasteiger partial charge in [-0.2, -0.15) is 15.0 Å². The molecule has 0 saturated heterocycles. The molecule has 1 rings (SSSR count). The summed E-state index contributed by atoms with van der Waals surface area (Å²) < 4.78 is 5.40. The van der Waals surface area contributed by atoms with E-state index in [4.69, 9.17) is 10.6 Å². The Balaban J connectivity index is 2.55. The van der Waals surface area contributed by atoms with E-state index in [0.29, 0.717) is 19.0 Å². The average Bonchev–Trinajstić information content (AvgIpc) is 2.42. The number of ether oxygens (including phenoxy) is 1. The minimum absolute atomic E-state index is 0.0646. The van der Waals surface area contributed by atoms with Crippen LogP contribution in [-0.2, 0) is 0 Å². The first kappa shape index (κ1) is 16.7. The molecule has 21 heavy (non-hydrogen) atoms. The minimum atomic E-state index is -0.166. The maximum absolute atomic E-state index is 11.3. The molecule has 0 bridgehead atoms. The van der Waals surface area contributed by atoms with E-state index in [1.807, 2.05) is 13.8 Å². The highest BCUT2D eigenvalue weighted by Gasteiger charge is 2.08. The Morgan fingerprint density at radius 1 is 1.24 bits per heavy atom. The number of amides is 2. The SMILES string of the molecule is CC(C)Oc1nc(NN)nc(NCCNC(=O)N(C)C)n1. The van der Waals surface area contributed by atoms with Gasteiger partial charge in [0.15, 0.2) is 0 Å². The summed E-state index contributed by atoms with van der Waals surface area (Å²) in [6.07, 6.45) is -0.0646. The third-order valence-electron chi connectivity index (χ3n) is 2.18. The molecule has 1 aromatic heterocycles. The van der Waals surface area contributed by atoms with Crippen LogP contribution in [0.25, 0.3) is 0 Å². The first-order valence-electron chi connectivity index (χ1n) is 6.50. The molecule has 0 aliphatic carbocycles. The Kier molecular flexibility index (Phi) is 6.40. The fraction of sp³-hybridized carbons (Fsp3) is 0.636. The first-order valence-corrected chi connectivity index (χ1v) is 6.50. The highest BCUT2D eigenvalue weighted by molar-refractivity contribution is 5.73. The molecule has 0 spiro atoms. The zero-order valence-electron chi connectivity index (χ0n) is 12.7. The van der Waals surface area contributed by atoms with Crippen molar-refractivity contribution in [3.8, 4) is 6.01 Å². The zero-order valence-corrected chi connectivity index (χ0v) is 12.7. The quantitative estimate of drug-likeness (QED) is 0.305. The van der Waals surface area contributed by atoms with E-state index in [9.17, 15) is 4.79 Å². The number of carbonyl (C=O) groups excluding carboxylic acids is 1. The van der Waals surface area contributed by atoms with Crippen LogP contribution >= 0.6 is 0 Å². The molecule has 0 fully saturated rings. The third kappa shape index (κ3) is 6.08. The lowest BCUT2D eigenvalue weighted by Gasteiger charge is -2.13. The van der Waals surface area contributed by atoms with Gasteiger partial charge in [0.2, 0.25) is 11.9 Å². The van der Waals surface area contributed by atoms with Gasteiger partial charge in [0.1, 0.15) is 0 Å². The maximum atomic E-state index is 11.3. The Morgan fingerprint density at radius 3 is 2.48 bits per heavy atom. The molecule has 0 aromatic carbocycles. The monoisotopic (exact) mass is 298 g/mol. The number of nitrogens with one attached hydrogen (secondary N) is 3. The molecule has 0 saturated carbocycles. The summed E-state index contributed by atoms with van der Waals surface area (Å²) in [5, 5.41) is 5.67. The van der Waals surface area contributed by atoms with Gasteiger partial charge in [-0.15, -0.1) is 0 Å². The summed E-state index contributed by atoms with van der Waals surface area (Å²) in [6, 6.07) is 0.00775. The summed E-state index contributed by atoms with van der Waals surface area (Å²) in [5.41, 5.74) is 2.35. The number of hydrazine groups is 1. The van der Waals surface area contributed by atoms with Crippen LogP contribution in [0.3, 0.4) is 0 Å². The summed E-state index contributed by atoms with van der Waals surface area (Å²) in [5.74, 6) is 5.81. The van der Waals surface area contributed by atoms with Crippen molar-refractivity contribution < 1.29 is 9.53 Å². The molecular formula is C11H22N8O2. The molecule has 1 heterocycles. The van der Waals surface area contributed by atoms with Crippen molar-refractivity contribution in [2.24, 2.45) is 5.84 Å². The van der Waals surface area contributed by atoms with Gasteiger partial charge in [-0.3, -0.25) is 5.43 Å². The first-order chi connectivity index (χ1) is 9.92. The van der Waals surface area contributed by atoms with Crippen LogP contribution < -0.4 is 26.6 Å². The molecule has 0 atom stereocenters. The van der Waals surface area contributed by atoms with E-state index >= 15 is 0 Å². The van der Waals surface area contributed by atoms with Crippen molar-refractivity contribution in [2.75, 3.05) is 37.9 Å². The average molecular weight is 298 g/mol. The van der Waals surface area contributed by atoms with Crippen molar-refractivity contribution in [2.45, 2.75) is 20.0 Å². The highest BCUT2D eigenvalue weighted by Crippen LogP contribution is 2.11. The van der Waals surface area contributed by atoms with Gasteiger partial charge < -0.3 is 20.3 Å². The van der Waals surface area contributed by atoms with E-state index in [0.717, 1.165) is 0 Å². The smallest absolute Gasteiger partial charge is 0.323 e. The van der Waals surface area contributed by atoms with Gasteiger partial charge in [0.25, 0.3) is 0 Å². The van der Waals surface area contributed by atoms with Crippen LogP contribution in [0, 0.1) is 0 Å². The van der Waals surface area contributed by atoms with E-state index in [1.165, 1.54) is 4.90 Å². The van der Waals surface area contributed by atoms with Gasteiger partial charge in [-0.05, 0) is 13.8 Å². The van der Waals surface area contributed by atoms with Gasteiger partial charge in [0, 0.05) is 27.2 Å². The van der Waals surface area contributed by atoms with E-state index in [-0.39, 0.29) is 24.1 Å². The van der Waals surface area contributed by atoms with Crippen LogP contribution in [0.2, 0.25) is 0 Å². The standard InChI is InChI=1S/C11H22N8O2/c1-7(2)21-10-16-8(15-9(17-10)18-12)13-5-6-14-11(20)19(3)4/h7H,5-6,12H2,1-4H3,(H,14,20)(H2,13,15,16,17,18). The van der Waals surface area contributed by atoms with Gasteiger partial charge in [-0.1, -0.05) is 0 Å². The Hall–Kier alpha value is -2.36. The van der Waals surface area contributed by atoms with E-state index in [2.05, 4.69) is 31.0 Å². The molecule has 0 aliphatic rings. The molecular weight excluding hydrogens is 276 g/mol. The Bertz CT molecular complexity index is 466. The second kappa shape index (κ2) is 8.04. The predicted molar refractivity (Wildman–Crippen MR) is 79.0 cm³/mol. The van der Waals surface area contributed by atoms with Gasteiger partial charge in [-0.25, -0.2) is 10.6 Å². The summed E-state index contributed by atoms with van der Waals surface area (Å²) in [6.45, 7) is 4.61. The second-order valence-corrected chi connectivity index (χ2v) is 4.63. The molecule has 2 amide bonds. The number of nitrogens with zero attached hydrogens (tertiary/aromatic N) is 4. The van der Waals surface area contributed by atoms with Gasteiger partial charge in [0.05, 0.1) is 6.10 Å². The van der Waals surface area contributed by atoms with Crippen LogP contribution in [0.4, 0.5) is 16.7 Å². The number of urea groups is 1. The summed E-state index contributed by atoms with van der Waals surface area (Å²) in [7, 11) is 3.34. The lowest BCUT2D eigenvalue weighted by atomic mass is 10.5. The summed E-state index contributed by atoms with van der Waals surface area (Å²) >= 11 is 0. The van der Waals surface area contributed by atoms with Crippen LogP contribution in [0.5, 0.6) is 6.01 Å². The van der Waals surface area contributed by atoms with Crippen LogP contribution in [0.15, 0.2) is 0 Å². The fourth-order valence-corrected chi connectivity index (χ4v) is 1.27. The van der Waals surface area contributed by atoms with Crippen molar-refractivity contribution in [1.29, 1.82) is 0 Å². The zero-order chi connectivity index (χ0) is 15.8. The number of anilines is 2. The van der Waals surface area contributed by atoms with Crippen molar-refractivity contribution in [3.05, 3.63) is 0 Å². The minimum Gasteiger partial charge on any atom is -0.461 e. The number of hydrogen-bond acceptors (Lipinski definition) is 8. The lowest BCUT2D eigenvalue weighted by Crippen LogP contribution is -2.37. The predicted octanol–water partition coefficient (Wildman–Crippen LogP) is -0.372. The number of rotatable bonds is 7. The molecule has 0 aliphatic heterocycles. The number of carbonyl (C=O) groups is 1. The van der Waals surface area contributed by atoms with E-state index < -0.39 is 0 Å². The Labute approximate surface area is 123 Å². The Morgan fingerprint density at radius 2 is 1.90 bits per heavy atom. The molecule has 0 unspecified atom stereocenters. The van der Waals surface area contributed by atoms with Crippen LogP contribution in [-0.4, -0.2) is 59.2 Å². The van der Waals surface area contributed by atoms with Gasteiger partial charge >= 0.3 is 12.0 Å². The molecule has 118 valence electrons. The van der Waals surface area contributed by atoms with Crippen molar-refractivity contribution >= 4 is 17.9 Å². The molecule has 5 N–H and O–H groups in total. The fourth-order valence-electron chi connectivity index (χ4n) is 1.27. The number of nitrogens with two attached hydrogens (primary N) is 1. The number of nitrogen functional groups attached to an aromatic ring is 1. The topological polar surface area (TPSA) is 130 Å². The van der Waals surface area contributed by atoms with Crippen LogP contribution in [0.1, 0.15) is 13.8 Å². The largest absolute Gasteiger partial charge is 0.461 e.